The van der Waals surface area contributed by atoms with Crippen LogP contribution in [0.15, 0.2) is 60.9 Å². The van der Waals surface area contributed by atoms with Crippen LogP contribution in [0.5, 0.6) is 17.2 Å². The molecule has 30 heavy (non-hydrogen) atoms. The molecule has 1 aromatic heterocycles. The van der Waals surface area contributed by atoms with Crippen molar-refractivity contribution in [2.75, 3.05) is 21.3 Å². The Bertz CT molecular complexity index is 1000. The summed E-state index contributed by atoms with van der Waals surface area (Å²) in [4.78, 5) is 17.1. The summed E-state index contributed by atoms with van der Waals surface area (Å²) in [5, 5.41) is 3.03. The van der Waals surface area contributed by atoms with Gasteiger partial charge in [-0.05, 0) is 41.5 Å². The second-order valence-corrected chi connectivity index (χ2v) is 6.59. The van der Waals surface area contributed by atoms with Crippen LogP contribution in [0.25, 0.3) is 6.08 Å². The Balaban J connectivity index is 1.87. The quantitative estimate of drug-likeness (QED) is 0.580. The zero-order valence-electron chi connectivity index (χ0n) is 17.5. The monoisotopic (exact) mass is 407 g/mol. The molecule has 0 aliphatic carbocycles. The maximum atomic E-state index is 12.7. The number of aryl methyl sites for hydroxylation is 1. The Morgan fingerprint density at radius 2 is 1.63 bits per heavy atom. The molecular formula is C23H25N3O4. The zero-order valence-corrected chi connectivity index (χ0v) is 17.5. The number of nitrogens with one attached hydrogen (secondary N) is 1. The van der Waals surface area contributed by atoms with Crippen LogP contribution in [0.1, 0.15) is 23.0 Å². The van der Waals surface area contributed by atoms with Gasteiger partial charge in [-0.3, -0.25) is 4.79 Å². The fourth-order valence-electron chi connectivity index (χ4n) is 3.03. The molecule has 156 valence electrons. The van der Waals surface area contributed by atoms with Gasteiger partial charge in [0, 0.05) is 31.6 Å². The number of rotatable bonds is 8. The Morgan fingerprint density at radius 3 is 2.17 bits per heavy atom. The number of aromatic nitrogens is 2. The van der Waals surface area contributed by atoms with Crippen molar-refractivity contribution in [3.63, 3.8) is 0 Å². The first kappa shape index (κ1) is 21.0. The lowest BCUT2D eigenvalue weighted by Crippen LogP contribution is -2.29. The summed E-state index contributed by atoms with van der Waals surface area (Å²) in [5.74, 6) is 2.47. The number of imidazole rings is 1. The normalized spacial score (nSPS) is 11.9. The molecule has 0 radical (unpaired) electrons. The lowest BCUT2D eigenvalue weighted by molar-refractivity contribution is -0.117. The second kappa shape index (κ2) is 9.65. The number of amides is 1. The summed E-state index contributed by atoms with van der Waals surface area (Å²) in [6, 6.07) is 12.5. The smallest absolute Gasteiger partial charge is 0.244 e. The van der Waals surface area contributed by atoms with Crippen LogP contribution in [0.2, 0.25) is 0 Å². The Kier molecular flexibility index (Phi) is 6.75. The van der Waals surface area contributed by atoms with E-state index in [9.17, 15) is 4.79 Å². The van der Waals surface area contributed by atoms with Crippen LogP contribution in [-0.2, 0) is 11.8 Å². The molecule has 0 aliphatic heterocycles. The molecule has 1 heterocycles. The van der Waals surface area contributed by atoms with Gasteiger partial charge in [0.2, 0.25) is 5.91 Å². The van der Waals surface area contributed by atoms with E-state index in [1.165, 1.54) is 6.08 Å². The number of nitrogens with zero attached hydrogens (tertiary/aromatic N) is 2. The zero-order chi connectivity index (χ0) is 21.5. The SMILES string of the molecule is COc1ccc(/C=C/C(=O)NC(c2cc(OC)cc(OC)c2)c2nccn2C)cc1. The molecule has 2 aromatic carbocycles. The van der Waals surface area contributed by atoms with Crippen LogP contribution in [0.3, 0.4) is 0 Å². The van der Waals surface area contributed by atoms with E-state index in [0.29, 0.717) is 17.3 Å². The maximum Gasteiger partial charge on any atom is 0.244 e. The van der Waals surface area contributed by atoms with Gasteiger partial charge in [0.25, 0.3) is 0 Å². The minimum absolute atomic E-state index is 0.249. The summed E-state index contributed by atoms with van der Waals surface area (Å²) in [6.45, 7) is 0. The topological polar surface area (TPSA) is 74.6 Å². The summed E-state index contributed by atoms with van der Waals surface area (Å²) in [7, 11) is 6.67. The highest BCUT2D eigenvalue weighted by Gasteiger charge is 2.21. The average Bonchev–Trinajstić information content (AvgIpc) is 3.21. The largest absolute Gasteiger partial charge is 0.497 e. The highest BCUT2D eigenvalue weighted by Crippen LogP contribution is 2.29. The molecule has 0 fully saturated rings. The molecule has 1 N–H and O–H groups in total. The lowest BCUT2D eigenvalue weighted by Gasteiger charge is -2.20. The molecule has 7 nitrogen and oxygen atoms in total. The van der Waals surface area contributed by atoms with Crippen molar-refractivity contribution in [2.45, 2.75) is 6.04 Å². The molecule has 1 atom stereocenters. The molecule has 0 bridgehead atoms. The molecule has 0 spiro atoms. The number of methoxy groups -OCH3 is 3. The Labute approximate surface area is 175 Å². The molecule has 3 rings (SSSR count). The van der Waals surface area contributed by atoms with Gasteiger partial charge >= 0.3 is 0 Å². The fourth-order valence-corrected chi connectivity index (χ4v) is 3.03. The van der Waals surface area contributed by atoms with Gasteiger partial charge in [-0.1, -0.05) is 12.1 Å². The first-order valence-electron chi connectivity index (χ1n) is 9.37. The fraction of sp³-hybridized carbons (Fsp3) is 0.217. The van der Waals surface area contributed by atoms with Crippen molar-refractivity contribution >= 4 is 12.0 Å². The Hall–Kier alpha value is -3.74. The van der Waals surface area contributed by atoms with E-state index in [2.05, 4.69) is 10.3 Å². The van der Waals surface area contributed by atoms with Crippen LogP contribution in [-0.4, -0.2) is 36.8 Å². The summed E-state index contributed by atoms with van der Waals surface area (Å²) < 4.78 is 17.8. The van der Waals surface area contributed by atoms with Crippen molar-refractivity contribution in [1.29, 1.82) is 0 Å². The van der Waals surface area contributed by atoms with Gasteiger partial charge in [-0.2, -0.15) is 0 Å². The van der Waals surface area contributed by atoms with Gasteiger partial charge in [0.15, 0.2) is 0 Å². The minimum atomic E-state index is -0.484. The first-order valence-corrected chi connectivity index (χ1v) is 9.37. The molecule has 0 saturated heterocycles. The lowest BCUT2D eigenvalue weighted by atomic mass is 10.0. The molecule has 7 heteroatoms. The number of benzene rings is 2. The minimum Gasteiger partial charge on any atom is -0.497 e. The van der Waals surface area contributed by atoms with Crippen LogP contribution >= 0.6 is 0 Å². The van der Waals surface area contributed by atoms with Crippen molar-refractivity contribution in [2.24, 2.45) is 7.05 Å². The van der Waals surface area contributed by atoms with Crippen molar-refractivity contribution in [1.82, 2.24) is 14.9 Å². The maximum absolute atomic E-state index is 12.7. The molecular weight excluding hydrogens is 382 g/mol. The van der Waals surface area contributed by atoms with Crippen molar-refractivity contribution in [3.05, 3.63) is 77.9 Å². The van der Waals surface area contributed by atoms with Crippen LogP contribution in [0, 0.1) is 0 Å². The van der Waals surface area contributed by atoms with E-state index in [1.54, 1.807) is 39.7 Å². The Morgan fingerprint density at radius 1 is 1.00 bits per heavy atom. The predicted molar refractivity (Wildman–Crippen MR) is 115 cm³/mol. The number of carbonyl (C=O) groups excluding carboxylic acids is 1. The van der Waals surface area contributed by atoms with Gasteiger partial charge in [0.05, 0.1) is 21.3 Å². The standard InChI is InChI=1S/C23H25N3O4/c1-26-12-11-24-23(26)22(17-13-19(29-3)15-20(14-17)30-4)25-21(27)10-7-16-5-8-18(28-2)9-6-16/h5-15,22H,1-4H3,(H,25,27)/b10-7+. The van der Waals surface area contributed by atoms with Crippen LogP contribution in [0.4, 0.5) is 0 Å². The predicted octanol–water partition coefficient (Wildman–Crippen LogP) is 3.36. The van der Waals surface area contributed by atoms with E-state index in [4.69, 9.17) is 14.2 Å². The molecule has 0 aliphatic rings. The number of ether oxygens (including phenoxy) is 3. The highest BCUT2D eigenvalue weighted by molar-refractivity contribution is 5.92. The molecule has 0 saturated carbocycles. The van der Waals surface area contributed by atoms with Crippen LogP contribution < -0.4 is 19.5 Å². The highest BCUT2D eigenvalue weighted by atomic mass is 16.5. The van der Waals surface area contributed by atoms with Gasteiger partial charge < -0.3 is 24.1 Å². The number of hydrogen-bond donors (Lipinski definition) is 1. The number of hydrogen-bond acceptors (Lipinski definition) is 5. The second-order valence-electron chi connectivity index (χ2n) is 6.59. The van der Waals surface area contributed by atoms with E-state index in [1.807, 2.05) is 54.2 Å². The third-order valence-corrected chi connectivity index (χ3v) is 4.65. The van der Waals surface area contributed by atoms with Gasteiger partial charge in [-0.25, -0.2) is 4.98 Å². The molecule has 1 amide bonds. The van der Waals surface area contributed by atoms with E-state index < -0.39 is 6.04 Å². The van der Waals surface area contributed by atoms with Gasteiger partial charge in [0.1, 0.15) is 29.1 Å². The van der Waals surface area contributed by atoms with E-state index in [-0.39, 0.29) is 5.91 Å². The summed E-state index contributed by atoms with van der Waals surface area (Å²) >= 11 is 0. The third kappa shape index (κ3) is 5.00. The van der Waals surface area contributed by atoms with Crippen molar-refractivity contribution in [3.8, 4) is 17.2 Å². The summed E-state index contributed by atoms with van der Waals surface area (Å²) in [6.07, 6.45) is 6.77. The summed E-state index contributed by atoms with van der Waals surface area (Å²) in [5.41, 5.74) is 1.69. The number of carbonyl (C=O) groups is 1. The van der Waals surface area contributed by atoms with Crippen molar-refractivity contribution < 1.29 is 19.0 Å². The van der Waals surface area contributed by atoms with Gasteiger partial charge in [-0.15, -0.1) is 0 Å². The van der Waals surface area contributed by atoms with E-state index in [0.717, 1.165) is 16.9 Å². The van der Waals surface area contributed by atoms with E-state index >= 15 is 0 Å². The first-order chi connectivity index (χ1) is 14.5. The average molecular weight is 407 g/mol. The molecule has 1 unspecified atom stereocenters. The third-order valence-electron chi connectivity index (χ3n) is 4.65. The molecule has 3 aromatic rings.